The predicted octanol–water partition coefficient (Wildman–Crippen LogP) is 4.10. The quantitative estimate of drug-likeness (QED) is 0.494. The molecule has 29 heavy (non-hydrogen) atoms. The van der Waals surface area contributed by atoms with E-state index in [1.807, 2.05) is 17.2 Å². The van der Waals surface area contributed by atoms with Gasteiger partial charge in [0.25, 0.3) is 0 Å². The molecular weight excluding hydrogens is 362 g/mol. The van der Waals surface area contributed by atoms with Crippen molar-refractivity contribution in [3.05, 3.63) is 60.6 Å². The second kappa shape index (κ2) is 6.90. The number of H-pyrrole nitrogens is 1. The first kappa shape index (κ1) is 17.7. The molecule has 6 nitrogen and oxygen atoms in total. The number of anilines is 2. The highest BCUT2D eigenvalue weighted by atomic mass is 16.3. The number of nitrogens with one attached hydrogen (secondary N) is 1. The van der Waals surface area contributed by atoms with E-state index in [0.717, 1.165) is 63.9 Å². The minimum atomic E-state index is -0.385. The summed E-state index contributed by atoms with van der Waals surface area (Å²) in [5.74, 6) is 0.499. The van der Waals surface area contributed by atoms with Gasteiger partial charge in [-0.25, -0.2) is 9.97 Å². The van der Waals surface area contributed by atoms with Gasteiger partial charge in [-0.3, -0.25) is 0 Å². The Bertz CT molecular complexity index is 1180. The molecule has 0 saturated carbocycles. The highest BCUT2D eigenvalue weighted by molar-refractivity contribution is 5.98. The largest absolute Gasteiger partial charge is 0.383 e. The number of benzene rings is 1. The average Bonchev–Trinajstić information content (AvgIpc) is 3.34. The first-order valence-electron chi connectivity index (χ1n) is 9.85. The number of aryl methyl sites for hydroxylation is 1. The zero-order chi connectivity index (χ0) is 20.0. The van der Waals surface area contributed by atoms with Crippen molar-refractivity contribution in [2.45, 2.75) is 26.0 Å². The van der Waals surface area contributed by atoms with Crippen molar-refractivity contribution < 1.29 is 5.11 Å². The van der Waals surface area contributed by atoms with Crippen LogP contribution in [0.15, 0.2) is 55.0 Å². The van der Waals surface area contributed by atoms with Gasteiger partial charge in [0.1, 0.15) is 17.7 Å². The molecule has 4 heterocycles. The Hall–Kier alpha value is -3.38. The van der Waals surface area contributed by atoms with Crippen LogP contribution in [0.5, 0.6) is 0 Å². The van der Waals surface area contributed by atoms with Gasteiger partial charge < -0.3 is 20.7 Å². The number of pyridine rings is 2. The van der Waals surface area contributed by atoms with Crippen molar-refractivity contribution in [1.29, 1.82) is 0 Å². The highest BCUT2D eigenvalue weighted by Crippen LogP contribution is 2.35. The lowest BCUT2D eigenvalue weighted by Crippen LogP contribution is -2.28. The van der Waals surface area contributed by atoms with Crippen LogP contribution in [0.2, 0.25) is 0 Å². The summed E-state index contributed by atoms with van der Waals surface area (Å²) in [6.45, 7) is 2.95. The molecule has 0 aliphatic carbocycles. The fourth-order valence-electron chi connectivity index (χ4n) is 4.19. The molecule has 6 heteroatoms. The SMILES string of the molecule is Cc1c[nH]c2nccc(-c3cc(-c4ccc(N5CCCC5O)cc4)cnc3N)c12. The number of rotatable bonds is 3. The van der Waals surface area contributed by atoms with E-state index in [1.165, 1.54) is 0 Å². The van der Waals surface area contributed by atoms with Gasteiger partial charge in [0.05, 0.1) is 0 Å². The second-order valence-electron chi connectivity index (χ2n) is 7.57. The third kappa shape index (κ3) is 3.02. The van der Waals surface area contributed by atoms with Gasteiger partial charge in [-0.15, -0.1) is 0 Å². The Morgan fingerprint density at radius 1 is 1.10 bits per heavy atom. The molecular formula is C23H23N5O. The monoisotopic (exact) mass is 385 g/mol. The number of hydrogen-bond acceptors (Lipinski definition) is 5. The molecule has 0 amide bonds. The number of aromatic nitrogens is 3. The van der Waals surface area contributed by atoms with E-state index < -0.39 is 0 Å². The number of fused-ring (bicyclic) bond motifs is 1. The van der Waals surface area contributed by atoms with Crippen LogP contribution in [-0.2, 0) is 0 Å². The molecule has 1 unspecified atom stereocenters. The molecule has 1 saturated heterocycles. The van der Waals surface area contributed by atoms with Crippen LogP contribution >= 0.6 is 0 Å². The van der Waals surface area contributed by atoms with Crippen LogP contribution < -0.4 is 10.6 Å². The number of aliphatic hydroxyl groups is 1. The van der Waals surface area contributed by atoms with E-state index in [9.17, 15) is 5.11 Å². The Kier molecular flexibility index (Phi) is 4.21. The van der Waals surface area contributed by atoms with Gasteiger partial charge >= 0.3 is 0 Å². The maximum Gasteiger partial charge on any atom is 0.138 e. The molecule has 1 fully saturated rings. The summed E-state index contributed by atoms with van der Waals surface area (Å²) in [7, 11) is 0. The van der Waals surface area contributed by atoms with Crippen molar-refractivity contribution in [3.8, 4) is 22.3 Å². The molecule has 1 atom stereocenters. The molecule has 1 aromatic carbocycles. The molecule has 4 aromatic rings. The Labute approximate surface area is 169 Å². The molecule has 1 aliphatic heterocycles. The summed E-state index contributed by atoms with van der Waals surface area (Å²) < 4.78 is 0. The lowest BCUT2D eigenvalue weighted by Gasteiger charge is -2.22. The normalized spacial score (nSPS) is 16.6. The number of nitrogens with two attached hydrogens (primary N) is 1. The molecule has 0 bridgehead atoms. The number of aliphatic hydroxyl groups excluding tert-OH is 1. The van der Waals surface area contributed by atoms with Crippen LogP contribution in [0.1, 0.15) is 18.4 Å². The van der Waals surface area contributed by atoms with Crippen LogP contribution in [-0.4, -0.2) is 32.8 Å². The highest BCUT2D eigenvalue weighted by Gasteiger charge is 2.22. The van der Waals surface area contributed by atoms with Crippen LogP contribution in [0, 0.1) is 6.92 Å². The van der Waals surface area contributed by atoms with Crippen LogP contribution in [0.25, 0.3) is 33.3 Å². The van der Waals surface area contributed by atoms with E-state index in [-0.39, 0.29) is 6.23 Å². The van der Waals surface area contributed by atoms with Crippen LogP contribution in [0.4, 0.5) is 11.5 Å². The number of hydrogen-bond donors (Lipinski definition) is 3. The lowest BCUT2D eigenvalue weighted by atomic mass is 9.98. The summed E-state index contributed by atoms with van der Waals surface area (Å²) >= 11 is 0. The first-order valence-corrected chi connectivity index (χ1v) is 9.85. The Morgan fingerprint density at radius 3 is 2.69 bits per heavy atom. The first-order chi connectivity index (χ1) is 14.1. The minimum Gasteiger partial charge on any atom is -0.383 e. The Morgan fingerprint density at radius 2 is 1.93 bits per heavy atom. The van der Waals surface area contributed by atoms with E-state index >= 15 is 0 Å². The maximum absolute atomic E-state index is 10.1. The summed E-state index contributed by atoms with van der Waals surface area (Å²) in [6, 6.07) is 12.3. The van der Waals surface area contributed by atoms with Crippen molar-refractivity contribution in [3.63, 3.8) is 0 Å². The van der Waals surface area contributed by atoms with E-state index in [4.69, 9.17) is 5.73 Å². The van der Waals surface area contributed by atoms with Gasteiger partial charge in [-0.2, -0.15) is 0 Å². The van der Waals surface area contributed by atoms with E-state index in [1.54, 1.807) is 12.4 Å². The van der Waals surface area contributed by atoms with Crippen LogP contribution in [0.3, 0.4) is 0 Å². The number of nitrogens with zero attached hydrogens (tertiary/aromatic N) is 3. The Balaban J connectivity index is 1.55. The van der Waals surface area contributed by atoms with Crippen molar-refractivity contribution >= 4 is 22.5 Å². The molecule has 5 rings (SSSR count). The standard InChI is InChI=1S/C23H23N5O/c1-14-12-27-23-21(14)18(8-9-25-23)19-11-16(13-26-22(19)24)15-4-6-17(7-5-15)28-10-2-3-20(28)29/h4-9,11-13,20,29H,2-3,10H2,1H3,(H2,24,26)(H,25,27). The van der Waals surface area contributed by atoms with Gasteiger partial charge in [-0.05, 0) is 60.7 Å². The summed E-state index contributed by atoms with van der Waals surface area (Å²) in [5.41, 5.74) is 13.3. The van der Waals surface area contributed by atoms with Crippen molar-refractivity contribution in [2.24, 2.45) is 0 Å². The predicted molar refractivity (Wildman–Crippen MR) is 116 cm³/mol. The fraction of sp³-hybridized carbons (Fsp3) is 0.217. The number of nitrogen functional groups attached to an aromatic ring is 1. The average molecular weight is 385 g/mol. The minimum absolute atomic E-state index is 0.385. The third-order valence-corrected chi connectivity index (χ3v) is 5.73. The van der Waals surface area contributed by atoms with Gasteiger partial charge in [-0.1, -0.05) is 12.1 Å². The zero-order valence-electron chi connectivity index (χ0n) is 16.3. The number of aromatic amines is 1. The van der Waals surface area contributed by atoms with E-state index in [2.05, 4.69) is 52.2 Å². The molecule has 146 valence electrons. The summed E-state index contributed by atoms with van der Waals surface area (Å²) in [6.07, 6.45) is 7.01. The lowest BCUT2D eigenvalue weighted by molar-refractivity contribution is 0.186. The van der Waals surface area contributed by atoms with Gasteiger partial charge in [0, 0.05) is 47.3 Å². The van der Waals surface area contributed by atoms with Crippen molar-refractivity contribution in [1.82, 2.24) is 15.0 Å². The van der Waals surface area contributed by atoms with Gasteiger partial charge in [0.2, 0.25) is 0 Å². The molecule has 4 N–H and O–H groups in total. The van der Waals surface area contributed by atoms with E-state index in [0.29, 0.717) is 5.82 Å². The topological polar surface area (TPSA) is 91.1 Å². The molecule has 0 spiro atoms. The summed E-state index contributed by atoms with van der Waals surface area (Å²) in [4.78, 5) is 14.1. The fourth-order valence-corrected chi connectivity index (χ4v) is 4.19. The molecule has 0 radical (unpaired) electrons. The molecule has 3 aromatic heterocycles. The maximum atomic E-state index is 10.1. The smallest absolute Gasteiger partial charge is 0.138 e. The molecule has 1 aliphatic rings. The second-order valence-corrected chi connectivity index (χ2v) is 7.57. The third-order valence-electron chi connectivity index (χ3n) is 5.73. The zero-order valence-corrected chi connectivity index (χ0v) is 16.3. The van der Waals surface area contributed by atoms with Crippen molar-refractivity contribution in [2.75, 3.05) is 17.2 Å². The van der Waals surface area contributed by atoms with Gasteiger partial charge in [0.15, 0.2) is 0 Å². The summed E-state index contributed by atoms with van der Waals surface area (Å²) in [5, 5.41) is 11.2.